The van der Waals surface area contributed by atoms with Crippen LogP contribution in [0.1, 0.15) is 22.3 Å². The van der Waals surface area contributed by atoms with E-state index in [1.54, 1.807) is 55.5 Å². The number of para-hydroxylation sites is 1. The fraction of sp³-hybridized carbons (Fsp3) is 0.115. The van der Waals surface area contributed by atoms with E-state index in [0.717, 1.165) is 16.0 Å². The third kappa shape index (κ3) is 4.67. The Balaban J connectivity index is 1.66. The number of ether oxygens (including phenoxy) is 1. The first-order valence-electron chi connectivity index (χ1n) is 10.3. The van der Waals surface area contributed by atoms with Gasteiger partial charge in [-0.15, -0.1) is 0 Å². The Bertz CT molecular complexity index is 1300. The van der Waals surface area contributed by atoms with Gasteiger partial charge < -0.3 is 4.74 Å². The van der Waals surface area contributed by atoms with Crippen molar-refractivity contribution >= 4 is 29.6 Å². The molecule has 3 aromatic rings. The van der Waals surface area contributed by atoms with E-state index in [1.807, 2.05) is 13.0 Å². The van der Waals surface area contributed by atoms with Crippen molar-refractivity contribution in [3.63, 3.8) is 0 Å². The Kier molecular flexibility index (Phi) is 6.04. The maximum atomic E-state index is 13.4. The van der Waals surface area contributed by atoms with E-state index < -0.39 is 17.8 Å². The van der Waals surface area contributed by atoms with Crippen LogP contribution in [0.25, 0.3) is 6.08 Å². The Hall–Kier alpha value is -4.26. The summed E-state index contributed by atoms with van der Waals surface area (Å²) in [5.74, 6) is -1.47. The summed E-state index contributed by atoms with van der Waals surface area (Å²) in [6.45, 7) is 3.80. The normalized spacial score (nSPS) is 15.1. The van der Waals surface area contributed by atoms with E-state index >= 15 is 0 Å². The predicted molar refractivity (Wildman–Crippen MR) is 122 cm³/mol. The summed E-state index contributed by atoms with van der Waals surface area (Å²) in [5, 5.41) is 2.23. The summed E-state index contributed by atoms with van der Waals surface area (Å²) >= 11 is 0. The van der Waals surface area contributed by atoms with E-state index in [9.17, 15) is 18.8 Å². The SMILES string of the molecule is Cc1ccc(N2C(=O)NC(=O)/C(=C\c3ccccc3OCc3cccc(F)c3)C2=O)c(C)c1. The predicted octanol–water partition coefficient (Wildman–Crippen LogP) is 4.69. The molecular formula is C26H21FN2O4. The summed E-state index contributed by atoms with van der Waals surface area (Å²) in [6, 6.07) is 17.4. The van der Waals surface area contributed by atoms with Crippen LogP contribution in [-0.2, 0) is 16.2 Å². The first-order valence-corrected chi connectivity index (χ1v) is 10.3. The van der Waals surface area contributed by atoms with Gasteiger partial charge in [-0.05, 0) is 55.3 Å². The van der Waals surface area contributed by atoms with Crippen LogP contribution in [0.2, 0.25) is 0 Å². The fourth-order valence-corrected chi connectivity index (χ4v) is 3.61. The molecule has 1 N–H and O–H groups in total. The average molecular weight is 444 g/mol. The lowest BCUT2D eigenvalue weighted by Gasteiger charge is -2.27. The first-order chi connectivity index (χ1) is 15.8. The smallest absolute Gasteiger partial charge is 0.335 e. The molecule has 33 heavy (non-hydrogen) atoms. The minimum absolute atomic E-state index is 0.102. The number of nitrogens with zero attached hydrogens (tertiary/aromatic N) is 1. The number of carbonyl (C=O) groups is 3. The molecule has 0 atom stereocenters. The standard InChI is InChI=1S/C26H21FN2O4/c1-16-10-11-22(17(2)12-16)29-25(31)21(24(30)28-26(29)32)14-19-7-3-4-9-23(19)33-15-18-6-5-8-20(27)13-18/h3-14H,15H2,1-2H3,(H,28,30,32)/b21-14+. The summed E-state index contributed by atoms with van der Waals surface area (Å²) in [6.07, 6.45) is 1.39. The molecule has 4 rings (SSSR count). The Labute approximate surface area is 190 Å². The number of anilines is 1. The van der Waals surface area contributed by atoms with E-state index in [-0.39, 0.29) is 18.0 Å². The second kappa shape index (κ2) is 9.08. The first kappa shape index (κ1) is 22.0. The van der Waals surface area contributed by atoms with Gasteiger partial charge in [-0.25, -0.2) is 14.1 Å². The number of aryl methyl sites for hydroxylation is 2. The zero-order valence-electron chi connectivity index (χ0n) is 18.1. The number of hydrogen-bond donors (Lipinski definition) is 1. The second-order valence-corrected chi connectivity index (χ2v) is 7.70. The van der Waals surface area contributed by atoms with Crippen molar-refractivity contribution in [3.05, 3.63) is 100 Å². The molecule has 0 unspecified atom stereocenters. The molecule has 3 aromatic carbocycles. The molecule has 6 nitrogen and oxygen atoms in total. The highest BCUT2D eigenvalue weighted by Crippen LogP contribution is 2.28. The van der Waals surface area contributed by atoms with Crippen LogP contribution in [0.3, 0.4) is 0 Å². The highest BCUT2D eigenvalue weighted by molar-refractivity contribution is 6.39. The van der Waals surface area contributed by atoms with Gasteiger partial charge in [-0.3, -0.25) is 14.9 Å². The van der Waals surface area contributed by atoms with Crippen LogP contribution in [0.15, 0.2) is 72.3 Å². The molecule has 1 saturated heterocycles. The van der Waals surface area contributed by atoms with Gasteiger partial charge in [0.1, 0.15) is 23.7 Å². The molecule has 0 radical (unpaired) electrons. The molecule has 166 valence electrons. The van der Waals surface area contributed by atoms with Crippen LogP contribution in [0.4, 0.5) is 14.9 Å². The third-order valence-corrected chi connectivity index (χ3v) is 5.20. The number of carbonyl (C=O) groups excluding carboxylic acids is 3. The monoisotopic (exact) mass is 444 g/mol. The van der Waals surface area contributed by atoms with Crippen LogP contribution >= 0.6 is 0 Å². The van der Waals surface area contributed by atoms with Crippen LogP contribution in [0, 0.1) is 19.7 Å². The lowest BCUT2D eigenvalue weighted by Crippen LogP contribution is -2.54. The van der Waals surface area contributed by atoms with Crippen LogP contribution < -0.4 is 15.0 Å². The largest absolute Gasteiger partial charge is 0.488 e. The van der Waals surface area contributed by atoms with Gasteiger partial charge in [0, 0.05) is 5.56 Å². The zero-order valence-corrected chi connectivity index (χ0v) is 18.1. The van der Waals surface area contributed by atoms with Crippen molar-refractivity contribution in [2.24, 2.45) is 0 Å². The van der Waals surface area contributed by atoms with Gasteiger partial charge in [0.15, 0.2) is 0 Å². The average Bonchev–Trinajstić information content (AvgIpc) is 2.77. The number of amides is 4. The molecule has 0 saturated carbocycles. The summed E-state index contributed by atoms with van der Waals surface area (Å²) in [4.78, 5) is 39.2. The number of imide groups is 2. The highest BCUT2D eigenvalue weighted by atomic mass is 19.1. The molecule has 0 spiro atoms. The highest BCUT2D eigenvalue weighted by Gasteiger charge is 2.37. The Morgan fingerprint density at radius 3 is 2.52 bits per heavy atom. The number of hydrogen-bond acceptors (Lipinski definition) is 4. The Morgan fingerprint density at radius 2 is 1.76 bits per heavy atom. The molecular weight excluding hydrogens is 423 g/mol. The number of benzene rings is 3. The summed E-state index contributed by atoms with van der Waals surface area (Å²) in [5.41, 5.74) is 3.02. The van der Waals surface area contributed by atoms with Gasteiger partial charge in [0.2, 0.25) is 0 Å². The van der Waals surface area contributed by atoms with Crippen molar-refractivity contribution in [2.45, 2.75) is 20.5 Å². The second-order valence-electron chi connectivity index (χ2n) is 7.70. The van der Waals surface area contributed by atoms with Crippen LogP contribution in [-0.4, -0.2) is 17.8 Å². The van der Waals surface area contributed by atoms with Gasteiger partial charge in [-0.2, -0.15) is 0 Å². The fourth-order valence-electron chi connectivity index (χ4n) is 3.61. The summed E-state index contributed by atoms with van der Waals surface area (Å²) in [7, 11) is 0. The molecule has 4 amide bonds. The van der Waals surface area contributed by atoms with Gasteiger partial charge in [-0.1, -0.05) is 48.0 Å². The van der Waals surface area contributed by atoms with E-state index in [2.05, 4.69) is 5.32 Å². The van der Waals surface area contributed by atoms with Crippen molar-refractivity contribution in [2.75, 3.05) is 4.90 Å². The van der Waals surface area contributed by atoms with E-state index in [0.29, 0.717) is 22.6 Å². The zero-order chi connectivity index (χ0) is 23.5. The molecule has 0 aromatic heterocycles. The number of halogens is 1. The van der Waals surface area contributed by atoms with E-state index in [4.69, 9.17) is 4.74 Å². The topological polar surface area (TPSA) is 75.7 Å². The van der Waals surface area contributed by atoms with Crippen molar-refractivity contribution in [1.82, 2.24) is 5.32 Å². The molecule has 1 fully saturated rings. The maximum absolute atomic E-state index is 13.4. The third-order valence-electron chi connectivity index (χ3n) is 5.20. The lowest BCUT2D eigenvalue weighted by atomic mass is 10.0. The van der Waals surface area contributed by atoms with Crippen molar-refractivity contribution in [3.8, 4) is 5.75 Å². The lowest BCUT2D eigenvalue weighted by molar-refractivity contribution is -0.122. The summed E-state index contributed by atoms with van der Waals surface area (Å²) < 4.78 is 19.3. The van der Waals surface area contributed by atoms with E-state index in [1.165, 1.54) is 18.2 Å². The molecule has 1 heterocycles. The molecule has 7 heteroatoms. The van der Waals surface area contributed by atoms with Crippen molar-refractivity contribution < 1.29 is 23.5 Å². The van der Waals surface area contributed by atoms with Gasteiger partial charge in [0.25, 0.3) is 11.8 Å². The minimum atomic E-state index is -0.801. The minimum Gasteiger partial charge on any atom is -0.488 e. The number of urea groups is 1. The molecule has 0 bridgehead atoms. The maximum Gasteiger partial charge on any atom is 0.335 e. The molecule has 0 aliphatic carbocycles. The molecule has 1 aliphatic rings. The van der Waals surface area contributed by atoms with Gasteiger partial charge >= 0.3 is 6.03 Å². The van der Waals surface area contributed by atoms with Crippen LogP contribution in [0.5, 0.6) is 5.75 Å². The number of rotatable bonds is 5. The Morgan fingerprint density at radius 1 is 0.970 bits per heavy atom. The van der Waals surface area contributed by atoms with Crippen molar-refractivity contribution in [1.29, 1.82) is 0 Å². The number of barbiturate groups is 1. The quantitative estimate of drug-likeness (QED) is 0.458. The number of nitrogens with one attached hydrogen (secondary N) is 1. The van der Waals surface area contributed by atoms with Gasteiger partial charge in [0.05, 0.1) is 5.69 Å². The molecule has 1 aliphatic heterocycles.